The van der Waals surface area contributed by atoms with Crippen LogP contribution in [-0.2, 0) is 9.53 Å². The summed E-state index contributed by atoms with van der Waals surface area (Å²) in [6.07, 6.45) is 3.85. The molecular formula is C14H27N3O2. The molecule has 0 radical (unpaired) electrons. The summed E-state index contributed by atoms with van der Waals surface area (Å²) in [4.78, 5) is 16.6. The summed E-state index contributed by atoms with van der Waals surface area (Å²) in [5, 5.41) is 3.05. The molecule has 0 spiro atoms. The van der Waals surface area contributed by atoms with Crippen molar-refractivity contribution in [2.45, 2.75) is 31.3 Å². The Labute approximate surface area is 116 Å². The van der Waals surface area contributed by atoms with Gasteiger partial charge in [0, 0.05) is 19.1 Å². The van der Waals surface area contributed by atoms with E-state index in [1.165, 1.54) is 32.9 Å². The number of rotatable bonds is 4. The lowest BCUT2D eigenvalue weighted by Crippen LogP contribution is -2.55. The van der Waals surface area contributed by atoms with Crippen LogP contribution in [0.25, 0.3) is 0 Å². The van der Waals surface area contributed by atoms with Gasteiger partial charge in [-0.1, -0.05) is 0 Å². The first kappa shape index (κ1) is 14.8. The van der Waals surface area contributed by atoms with Crippen molar-refractivity contribution in [3.63, 3.8) is 0 Å². The summed E-state index contributed by atoms with van der Waals surface area (Å²) < 4.78 is 4.83. The molecule has 0 bridgehead atoms. The second kappa shape index (κ2) is 6.68. The molecule has 0 aromatic rings. The molecule has 1 N–H and O–H groups in total. The van der Waals surface area contributed by atoms with Crippen molar-refractivity contribution in [2.75, 3.05) is 47.4 Å². The van der Waals surface area contributed by atoms with Crippen LogP contribution < -0.4 is 5.32 Å². The topological polar surface area (TPSA) is 44.8 Å². The molecule has 3 unspecified atom stereocenters. The van der Waals surface area contributed by atoms with E-state index < -0.39 is 0 Å². The third-order valence-corrected chi connectivity index (χ3v) is 4.70. The molecule has 5 nitrogen and oxygen atoms in total. The lowest BCUT2D eigenvalue weighted by atomic mass is 9.84. The summed E-state index contributed by atoms with van der Waals surface area (Å²) in [5.74, 6) is 0.605. The average Bonchev–Trinajstić information content (AvgIpc) is 2.44. The molecule has 0 aromatic carbocycles. The molecule has 2 aliphatic rings. The molecule has 2 rings (SSSR count). The number of carbonyl (C=O) groups is 1. The number of fused-ring (bicyclic) bond motifs is 1. The Kier molecular flexibility index (Phi) is 5.19. The van der Waals surface area contributed by atoms with E-state index in [-0.39, 0.29) is 12.0 Å². The third-order valence-electron chi connectivity index (χ3n) is 4.70. The highest BCUT2D eigenvalue weighted by molar-refractivity contribution is 5.75. The van der Waals surface area contributed by atoms with Gasteiger partial charge >= 0.3 is 5.97 Å². The van der Waals surface area contributed by atoms with Gasteiger partial charge in [-0.2, -0.15) is 0 Å². The number of likely N-dealkylation sites (tertiary alicyclic amines) is 2. The van der Waals surface area contributed by atoms with E-state index in [0.717, 1.165) is 31.6 Å². The normalized spacial score (nSPS) is 30.7. The monoisotopic (exact) mass is 269 g/mol. The van der Waals surface area contributed by atoms with Crippen LogP contribution in [0.1, 0.15) is 19.3 Å². The Bertz CT molecular complexity index is 311. The maximum Gasteiger partial charge on any atom is 0.324 e. The van der Waals surface area contributed by atoms with Crippen LogP contribution in [0.3, 0.4) is 0 Å². The fraction of sp³-hybridized carbons (Fsp3) is 0.929. The second-order valence-corrected chi connectivity index (χ2v) is 5.86. The standard InChI is InChI=1S/C14H27N3O2/c1-15-12(14(18)19-3)10-17-8-6-13-11(9-17)5-4-7-16(13)2/h11-13,15H,4-10H2,1-3H3. The molecule has 0 aromatic heterocycles. The number of piperidine rings is 2. The van der Waals surface area contributed by atoms with Crippen molar-refractivity contribution in [1.29, 1.82) is 0 Å². The Morgan fingerprint density at radius 1 is 1.42 bits per heavy atom. The summed E-state index contributed by atoms with van der Waals surface area (Å²) in [5.41, 5.74) is 0. The average molecular weight is 269 g/mol. The van der Waals surface area contributed by atoms with E-state index in [2.05, 4.69) is 22.2 Å². The Balaban J connectivity index is 1.88. The van der Waals surface area contributed by atoms with Crippen LogP contribution in [0.2, 0.25) is 0 Å². The maximum absolute atomic E-state index is 11.6. The summed E-state index contributed by atoms with van der Waals surface area (Å²) in [6, 6.07) is 0.541. The van der Waals surface area contributed by atoms with E-state index in [1.54, 1.807) is 0 Å². The van der Waals surface area contributed by atoms with E-state index >= 15 is 0 Å². The first-order valence-corrected chi connectivity index (χ1v) is 7.33. The van der Waals surface area contributed by atoms with Crippen molar-refractivity contribution >= 4 is 5.97 Å². The van der Waals surface area contributed by atoms with Gasteiger partial charge in [0.05, 0.1) is 7.11 Å². The molecule has 2 saturated heterocycles. The quantitative estimate of drug-likeness (QED) is 0.737. The van der Waals surface area contributed by atoms with Crippen molar-refractivity contribution in [3.8, 4) is 0 Å². The summed E-state index contributed by atoms with van der Waals surface area (Å²) in [6.45, 7) is 4.20. The molecule has 2 aliphatic heterocycles. The molecule has 19 heavy (non-hydrogen) atoms. The highest BCUT2D eigenvalue weighted by Crippen LogP contribution is 2.29. The second-order valence-electron chi connectivity index (χ2n) is 5.86. The van der Waals surface area contributed by atoms with Gasteiger partial charge in [0.2, 0.25) is 0 Å². The zero-order valence-corrected chi connectivity index (χ0v) is 12.4. The number of hydrogen-bond acceptors (Lipinski definition) is 5. The van der Waals surface area contributed by atoms with Crippen molar-refractivity contribution in [3.05, 3.63) is 0 Å². The highest BCUT2D eigenvalue weighted by Gasteiger charge is 2.35. The minimum atomic E-state index is -0.206. The fourth-order valence-corrected chi connectivity index (χ4v) is 3.58. The van der Waals surface area contributed by atoms with Gasteiger partial charge < -0.3 is 19.9 Å². The lowest BCUT2D eigenvalue weighted by Gasteiger charge is -2.46. The van der Waals surface area contributed by atoms with Crippen molar-refractivity contribution in [1.82, 2.24) is 15.1 Å². The first-order valence-electron chi connectivity index (χ1n) is 7.33. The number of esters is 1. The van der Waals surface area contributed by atoms with Crippen LogP contribution in [0.15, 0.2) is 0 Å². The van der Waals surface area contributed by atoms with Crippen LogP contribution >= 0.6 is 0 Å². The Morgan fingerprint density at radius 3 is 2.89 bits per heavy atom. The molecule has 2 fully saturated rings. The molecule has 110 valence electrons. The Morgan fingerprint density at radius 2 is 2.21 bits per heavy atom. The predicted octanol–water partition coefficient (Wildman–Crippen LogP) is 0.164. The fourth-order valence-electron chi connectivity index (χ4n) is 3.58. The lowest BCUT2D eigenvalue weighted by molar-refractivity contribution is -0.143. The zero-order chi connectivity index (χ0) is 13.8. The van der Waals surface area contributed by atoms with Gasteiger partial charge in [-0.05, 0) is 52.4 Å². The molecule has 0 aliphatic carbocycles. The molecule has 0 saturated carbocycles. The van der Waals surface area contributed by atoms with E-state index in [9.17, 15) is 4.79 Å². The van der Waals surface area contributed by atoms with Crippen LogP contribution in [0.5, 0.6) is 0 Å². The number of hydrogen-bond donors (Lipinski definition) is 1. The van der Waals surface area contributed by atoms with Gasteiger partial charge in [0.25, 0.3) is 0 Å². The molecule has 3 atom stereocenters. The molecule has 0 amide bonds. The number of nitrogens with one attached hydrogen (secondary N) is 1. The molecule has 2 heterocycles. The van der Waals surface area contributed by atoms with E-state index in [1.807, 2.05) is 7.05 Å². The molecular weight excluding hydrogens is 242 g/mol. The van der Waals surface area contributed by atoms with Gasteiger partial charge in [-0.3, -0.25) is 4.79 Å². The molecule has 5 heteroatoms. The SMILES string of the molecule is CNC(CN1CCC2C(CCCN2C)C1)C(=O)OC. The van der Waals surface area contributed by atoms with Gasteiger partial charge in [-0.25, -0.2) is 0 Å². The number of ether oxygens (including phenoxy) is 1. The van der Waals surface area contributed by atoms with E-state index in [0.29, 0.717) is 0 Å². The minimum absolute atomic E-state index is 0.162. The van der Waals surface area contributed by atoms with Crippen LogP contribution in [0.4, 0.5) is 0 Å². The van der Waals surface area contributed by atoms with Crippen molar-refractivity contribution in [2.24, 2.45) is 5.92 Å². The summed E-state index contributed by atoms with van der Waals surface area (Å²) >= 11 is 0. The zero-order valence-electron chi connectivity index (χ0n) is 12.4. The van der Waals surface area contributed by atoms with Crippen LogP contribution in [0, 0.1) is 5.92 Å². The van der Waals surface area contributed by atoms with Gasteiger partial charge in [-0.15, -0.1) is 0 Å². The smallest absolute Gasteiger partial charge is 0.324 e. The number of nitrogens with zero attached hydrogens (tertiary/aromatic N) is 2. The first-order chi connectivity index (χ1) is 9.15. The third kappa shape index (κ3) is 3.46. The van der Waals surface area contributed by atoms with Gasteiger partial charge in [0.15, 0.2) is 0 Å². The van der Waals surface area contributed by atoms with Crippen LogP contribution in [-0.4, -0.2) is 75.2 Å². The summed E-state index contributed by atoms with van der Waals surface area (Å²) in [7, 11) is 5.52. The van der Waals surface area contributed by atoms with Crippen molar-refractivity contribution < 1.29 is 9.53 Å². The highest BCUT2D eigenvalue weighted by atomic mass is 16.5. The maximum atomic E-state index is 11.6. The van der Waals surface area contributed by atoms with Gasteiger partial charge in [0.1, 0.15) is 6.04 Å². The Hall–Kier alpha value is -0.650. The number of methoxy groups -OCH3 is 1. The number of likely N-dealkylation sites (N-methyl/N-ethyl adjacent to an activating group) is 1. The largest absolute Gasteiger partial charge is 0.468 e. The number of carbonyl (C=O) groups excluding carboxylic acids is 1. The predicted molar refractivity (Wildman–Crippen MR) is 75.1 cm³/mol. The minimum Gasteiger partial charge on any atom is -0.468 e. The van der Waals surface area contributed by atoms with E-state index in [4.69, 9.17) is 4.74 Å².